The average molecular weight is 442 g/mol. The Kier molecular flexibility index (Phi) is 6.20. The number of thioether (sulfide) groups is 1. The van der Waals surface area contributed by atoms with Crippen molar-refractivity contribution in [3.63, 3.8) is 0 Å². The van der Waals surface area contributed by atoms with E-state index in [1.54, 1.807) is 13.2 Å². The Bertz CT molecular complexity index is 1220. The summed E-state index contributed by atoms with van der Waals surface area (Å²) in [4.78, 5) is 11.9. The molecule has 0 radical (unpaired) electrons. The largest absolute Gasteiger partial charge is 0.497 e. The Labute approximate surface area is 181 Å². The monoisotopic (exact) mass is 441 g/mol. The summed E-state index contributed by atoms with van der Waals surface area (Å²) in [6, 6.07) is 14.7. The van der Waals surface area contributed by atoms with Crippen molar-refractivity contribution in [1.29, 1.82) is 0 Å². The molecule has 2 heterocycles. The third-order valence-electron chi connectivity index (χ3n) is 4.22. The quantitative estimate of drug-likeness (QED) is 0.299. The molecule has 7 nitrogen and oxygen atoms in total. The highest BCUT2D eigenvalue weighted by Gasteiger charge is 2.11. The van der Waals surface area contributed by atoms with Gasteiger partial charge in [-0.3, -0.25) is 0 Å². The van der Waals surface area contributed by atoms with Crippen molar-refractivity contribution in [2.75, 3.05) is 19.0 Å². The number of para-hydroxylation sites is 2. The first-order valence-corrected chi connectivity index (χ1v) is 11.0. The van der Waals surface area contributed by atoms with Gasteiger partial charge in [0.1, 0.15) is 17.1 Å². The van der Waals surface area contributed by atoms with Crippen molar-refractivity contribution in [3.05, 3.63) is 64.5 Å². The van der Waals surface area contributed by atoms with E-state index in [0.717, 1.165) is 26.7 Å². The number of rotatable bonds is 8. The molecule has 0 amide bonds. The minimum Gasteiger partial charge on any atom is -0.497 e. The lowest BCUT2D eigenvalue weighted by Crippen LogP contribution is -2.00. The molecule has 0 atom stereocenters. The fourth-order valence-electron chi connectivity index (χ4n) is 2.88. The summed E-state index contributed by atoms with van der Waals surface area (Å²) in [5.41, 5.74) is 1.83. The number of methoxy groups -OCH3 is 1. The Morgan fingerprint density at radius 2 is 2.03 bits per heavy atom. The molecule has 0 saturated carbocycles. The molecule has 154 valence electrons. The van der Waals surface area contributed by atoms with Gasteiger partial charge in [-0.05, 0) is 36.8 Å². The van der Waals surface area contributed by atoms with Crippen LogP contribution in [0.1, 0.15) is 12.5 Å². The minimum atomic E-state index is -0.390. The van der Waals surface area contributed by atoms with E-state index in [-0.39, 0.29) is 0 Å². The molecule has 0 spiro atoms. The molecule has 4 rings (SSSR count). The van der Waals surface area contributed by atoms with E-state index in [0.29, 0.717) is 28.8 Å². The molecule has 1 N–H and O–H groups in total. The summed E-state index contributed by atoms with van der Waals surface area (Å²) in [5, 5.41) is 13.3. The summed E-state index contributed by atoms with van der Waals surface area (Å²) in [6.45, 7) is 2.53. The van der Waals surface area contributed by atoms with Gasteiger partial charge < -0.3 is 19.2 Å². The number of hydrogen-bond donors (Lipinski definition) is 1. The summed E-state index contributed by atoms with van der Waals surface area (Å²) in [6.07, 6.45) is 0. The summed E-state index contributed by atoms with van der Waals surface area (Å²) >= 11 is 2.96. The standard InChI is InChI=1S/C21H19N3O4S2/c1-3-27-17-7-5-4-6-16(17)22-20-23-24-21(30-20)29-12-13-10-19(25)28-18-11-14(26-2)8-9-15(13)18/h4-11H,3,12H2,1-2H3,(H,22,23). The fourth-order valence-corrected chi connectivity index (χ4v) is 4.64. The van der Waals surface area contributed by atoms with Crippen LogP contribution < -0.4 is 20.4 Å². The van der Waals surface area contributed by atoms with Gasteiger partial charge in [-0.2, -0.15) is 0 Å². The summed E-state index contributed by atoms with van der Waals surface area (Å²) in [5.74, 6) is 1.98. The van der Waals surface area contributed by atoms with Gasteiger partial charge in [0.2, 0.25) is 5.13 Å². The second kappa shape index (κ2) is 9.19. The molecule has 0 aliphatic rings. The molecule has 0 aliphatic heterocycles. The van der Waals surface area contributed by atoms with Crippen molar-refractivity contribution < 1.29 is 13.9 Å². The molecule has 0 saturated heterocycles. The first-order chi connectivity index (χ1) is 14.7. The van der Waals surface area contributed by atoms with Crippen molar-refractivity contribution >= 4 is 44.9 Å². The zero-order chi connectivity index (χ0) is 20.9. The van der Waals surface area contributed by atoms with Crippen molar-refractivity contribution in [1.82, 2.24) is 10.2 Å². The molecule has 0 aliphatic carbocycles. The van der Waals surface area contributed by atoms with Gasteiger partial charge in [0.15, 0.2) is 4.34 Å². The molecule has 4 aromatic rings. The molecule has 0 fully saturated rings. The van der Waals surface area contributed by atoms with Crippen LogP contribution in [-0.4, -0.2) is 23.9 Å². The Morgan fingerprint density at radius 3 is 2.87 bits per heavy atom. The van der Waals surface area contributed by atoms with E-state index in [4.69, 9.17) is 13.9 Å². The van der Waals surface area contributed by atoms with Gasteiger partial charge in [-0.15, -0.1) is 10.2 Å². The SMILES string of the molecule is CCOc1ccccc1Nc1nnc(SCc2cc(=O)oc3cc(OC)ccc23)s1. The lowest BCUT2D eigenvalue weighted by Gasteiger charge is -2.09. The third kappa shape index (κ3) is 4.58. The van der Waals surface area contributed by atoms with Gasteiger partial charge >= 0.3 is 5.63 Å². The van der Waals surface area contributed by atoms with Crippen molar-refractivity contribution in [2.24, 2.45) is 0 Å². The Morgan fingerprint density at radius 1 is 1.17 bits per heavy atom. The maximum Gasteiger partial charge on any atom is 0.336 e. The van der Waals surface area contributed by atoms with Crippen LogP contribution in [0.5, 0.6) is 11.5 Å². The molecule has 2 aromatic heterocycles. The molecule has 9 heteroatoms. The first kappa shape index (κ1) is 20.2. The zero-order valence-electron chi connectivity index (χ0n) is 16.4. The summed E-state index contributed by atoms with van der Waals surface area (Å²) < 4.78 is 16.9. The van der Waals surface area contributed by atoms with Crippen LogP contribution in [0.25, 0.3) is 11.0 Å². The molecule has 2 aromatic carbocycles. The number of benzene rings is 2. The average Bonchev–Trinajstić information content (AvgIpc) is 3.20. The number of nitrogens with one attached hydrogen (secondary N) is 1. The highest BCUT2D eigenvalue weighted by molar-refractivity contribution is 8.00. The smallest absolute Gasteiger partial charge is 0.336 e. The predicted octanol–water partition coefficient (Wildman–Crippen LogP) is 5.09. The number of ether oxygens (including phenoxy) is 2. The van der Waals surface area contributed by atoms with E-state index in [2.05, 4.69) is 15.5 Å². The maximum atomic E-state index is 11.9. The number of aromatic nitrogens is 2. The first-order valence-electron chi connectivity index (χ1n) is 9.22. The zero-order valence-corrected chi connectivity index (χ0v) is 18.0. The van der Waals surface area contributed by atoms with Gasteiger partial charge in [0.05, 0.1) is 19.4 Å². The van der Waals surface area contributed by atoms with Crippen LogP contribution in [0.3, 0.4) is 0 Å². The van der Waals surface area contributed by atoms with Crippen molar-refractivity contribution in [3.8, 4) is 11.5 Å². The van der Waals surface area contributed by atoms with E-state index >= 15 is 0 Å². The van der Waals surface area contributed by atoms with Gasteiger partial charge in [0.25, 0.3) is 0 Å². The van der Waals surface area contributed by atoms with Crippen molar-refractivity contribution in [2.45, 2.75) is 17.0 Å². The van der Waals surface area contributed by atoms with E-state index in [1.165, 1.54) is 29.2 Å². The predicted molar refractivity (Wildman–Crippen MR) is 119 cm³/mol. The molecule has 30 heavy (non-hydrogen) atoms. The van der Waals surface area contributed by atoms with E-state index in [9.17, 15) is 4.79 Å². The third-order valence-corrected chi connectivity index (χ3v) is 6.24. The second-order valence-electron chi connectivity index (χ2n) is 6.17. The van der Waals surface area contributed by atoms with E-state index in [1.807, 2.05) is 43.3 Å². The lowest BCUT2D eigenvalue weighted by atomic mass is 10.1. The highest BCUT2D eigenvalue weighted by Crippen LogP contribution is 2.34. The minimum absolute atomic E-state index is 0.390. The molecule has 0 unspecified atom stereocenters. The second-order valence-corrected chi connectivity index (χ2v) is 8.37. The normalized spacial score (nSPS) is 10.9. The van der Waals surface area contributed by atoms with Gasteiger partial charge in [-0.1, -0.05) is 35.2 Å². The lowest BCUT2D eigenvalue weighted by molar-refractivity contribution is 0.342. The van der Waals surface area contributed by atoms with Crippen LogP contribution in [0, 0.1) is 0 Å². The number of nitrogens with zero attached hydrogens (tertiary/aromatic N) is 2. The summed E-state index contributed by atoms with van der Waals surface area (Å²) in [7, 11) is 1.58. The number of fused-ring (bicyclic) bond motifs is 1. The Hall–Kier alpha value is -3.04. The molecule has 0 bridgehead atoms. The van der Waals surface area contributed by atoms with Crippen LogP contribution in [0.2, 0.25) is 0 Å². The van der Waals surface area contributed by atoms with Gasteiger partial charge in [-0.25, -0.2) is 4.79 Å². The number of anilines is 2. The molecular weight excluding hydrogens is 422 g/mol. The van der Waals surface area contributed by atoms with E-state index < -0.39 is 5.63 Å². The van der Waals surface area contributed by atoms with Crippen LogP contribution in [0.15, 0.2) is 62.1 Å². The fraction of sp³-hybridized carbons (Fsp3) is 0.190. The van der Waals surface area contributed by atoms with Crippen LogP contribution >= 0.6 is 23.1 Å². The Balaban J connectivity index is 1.49. The number of hydrogen-bond acceptors (Lipinski definition) is 9. The highest BCUT2D eigenvalue weighted by atomic mass is 32.2. The topological polar surface area (TPSA) is 86.5 Å². The van der Waals surface area contributed by atoms with Gasteiger partial charge in [0, 0.05) is 23.3 Å². The van der Waals surface area contributed by atoms with Crippen LogP contribution in [-0.2, 0) is 5.75 Å². The maximum absolute atomic E-state index is 11.9. The molecular formula is C21H19N3O4S2. The van der Waals surface area contributed by atoms with Crippen LogP contribution in [0.4, 0.5) is 10.8 Å².